The van der Waals surface area contributed by atoms with E-state index in [-0.39, 0.29) is 5.69 Å². The highest BCUT2D eigenvalue weighted by molar-refractivity contribution is 5.84. The average molecular weight is 224 g/mol. The smallest absolute Gasteiger partial charge is 0.356 e. The van der Waals surface area contributed by atoms with Gasteiger partial charge in [-0.25, -0.2) is 14.8 Å². The van der Waals surface area contributed by atoms with E-state index in [1.54, 1.807) is 0 Å². The van der Waals surface area contributed by atoms with E-state index in [1.807, 2.05) is 14.1 Å². The summed E-state index contributed by atoms with van der Waals surface area (Å²) in [5.41, 5.74) is -0.0498. The van der Waals surface area contributed by atoms with Crippen LogP contribution in [-0.2, 0) is 0 Å². The number of anilines is 1. The van der Waals surface area contributed by atoms with Crippen LogP contribution in [0.1, 0.15) is 17.4 Å². The largest absolute Gasteiger partial charge is 0.476 e. The van der Waals surface area contributed by atoms with Crippen molar-refractivity contribution in [2.24, 2.45) is 0 Å². The van der Waals surface area contributed by atoms with E-state index in [1.165, 1.54) is 12.4 Å². The monoisotopic (exact) mass is 224 g/mol. The zero-order chi connectivity index (χ0) is 12.1. The Kier molecular flexibility index (Phi) is 4.19. The molecule has 6 heteroatoms. The first kappa shape index (κ1) is 12.4. The first-order valence-corrected chi connectivity index (χ1v) is 4.96. The molecule has 0 aliphatic rings. The molecule has 16 heavy (non-hydrogen) atoms. The number of hydrogen-bond acceptors (Lipinski definition) is 5. The molecule has 1 atom stereocenters. The van der Waals surface area contributed by atoms with Crippen LogP contribution in [0.25, 0.3) is 0 Å². The van der Waals surface area contributed by atoms with Crippen LogP contribution in [-0.4, -0.2) is 52.6 Å². The van der Waals surface area contributed by atoms with Gasteiger partial charge in [-0.05, 0) is 21.0 Å². The molecule has 0 bridgehead atoms. The number of aromatic carboxylic acids is 1. The summed E-state index contributed by atoms with van der Waals surface area (Å²) in [7, 11) is 3.98. The van der Waals surface area contributed by atoms with Gasteiger partial charge in [0.1, 0.15) is 5.82 Å². The van der Waals surface area contributed by atoms with Crippen molar-refractivity contribution in [2.75, 3.05) is 26.0 Å². The number of carboxylic acids is 1. The molecular formula is C10H16N4O2. The van der Waals surface area contributed by atoms with E-state index in [2.05, 4.69) is 27.1 Å². The van der Waals surface area contributed by atoms with Crippen molar-refractivity contribution in [3.8, 4) is 0 Å². The molecule has 0 radical (unpaired) electrons. The van der Waals surface area contributed by atoms with Crippen LogP contribution < -0.4 is 5.32 Å². The Hall–Kier alpha value is -1.69. The summed E-state index contributed by atoms with van der Waals surface area (Å²) in [6, 6.07) is 0.362. The molecule has 2 N–H and O–H groups in total. The number of nitrogens with zero attached hydrogens (tertiary/aromatic N) is 3. The van der Waals surface area contributed by atoms with Crippen LogP contribution >= 0.6 is 0 Å². The Morgan fingerprint density at radius 1 is 1.50 bits per heavy atom. The lowest BCUT2D eigenvalue weighted by Gasteiger charge is -2.20. The van der Waals surface area contributed by atoms with Gasteiger partial charge in [-0.2, -0.15) is 0 Å². The molecule has 1 unspecified atom stereocenters. The number of carbonyl (C=O) groups is 1. The van der Waals surface area contributed by atoms with Crippen molar-refractivity contribution < 1.29 is 9.90 Å². The standard InChI is InChI=1S/C10H16N4O2/c1-7(14(2)3)4-12-9-6-11-8(5-13-9)10(15)16/h5-7H,4H2,1-3H3,(H,12,13)(H,15,16). The highest BCUT2D eigenvalue weighted by Gasteiger charge is 2.06. The quantitative estimate of drug-likeness (QED) is 0.760. The number of carboxylic acid groups (broad SMARTS) is 1. The normalized spacial score (nSPS) is 12.5. The van der Waals surface area contributed by atoms with E-state index >= 15 is 0 Å². The second-order valence-corrected chi connectivity index (χ2v) is 3.79. The maximum atomic E-state index is 10.5. The first-order chi connectivity index (χ1) is 7.50. The van der Waals surface area contributed by atoms with E-state index < -0.39 is 5.97 Å². The molecule has 0 saturated carbocycles. The van der Waals surface area contributed by atoms with Gasteiger partial charge in [0.2, 0.25) is 0 Å². The number of nitrogens with one attached hydrogen (secondary N) is 1. The predicted octanol–water partition coefficient (Wildman–Crippen LogP) is 0.537. The lowest BCUT2D eigenvalue weighted by atomic mass is 10.3. The van der Waals surface area contributed by atoms with Gasteiger partial charge in [-0.1, -0.05) is 0 Å². The summed E-state index contributed by atoms with van der Waals surface area (Å²) in [4.78, 5) is 20.3. The van der Waals surface area contributed by atoms with Crippen LogP contribution in [0.5, 0.6) is 0 Å². The van der Waals surface area contributed by atoms with Gasteiger partial charge in [0.25, 0.3) is 0 Å². The van der Waals surface area contributed by atoms with Gasteiger partial charge in [0.15, 0.2) is 5.69 Å². The van der Waals surface area contributed by atoms with E-state index in [0.29, 0.717) is 11.9 Å². The second kappa shape index (κ2) is 5.41. The molecular weight excluding hydrogens is 208 g/mol. The van der Waals surface area contributed by atoms with Gasteiger partial charge in [-0.15, -0.1) is 0 Å². The fourth-order valence-electron chi connectivity index (χ4n) is 0.965. The summed E-state index contributed by atoms with van der Waals surface area (Å²) >= 11 is 0. The van der Waals surface area contributed by atoms with Crippen molar-refractivity contribution in [1.82, 2.24) is 14.9 Å². The van der Waals surface area contributed by atoms with Gasteiger partial charge in [0, 0.05) is 12.6 Å². The summed E-state index contributed by atoms with van der Waals surface area (Å²) in [6.07, 6.45) is 2.66. The molecule has 0 aliphatic carbocycles. The van der Waals surface area contributed by atoms with Crippen molar-refractivity contribution in [3.63, 3.8) is 0 Å². The van der Waals surface area contributed by atoms with Crippen molar-refractivity contribution in [3.05, 3.63) is 18.1 Å². The minimum atomic E-state index is -1.07. The highest BCUT2D eigenvalue weighted by Crippen LogP contribution is 2.02. The molecule has 0 fully saturated rings. The fraction of sp³-hybridized carbons (Fsp3) is 0.500. The number of hydrogen-bond donors (Lipinski definition) is 2. The van der Waals surface area contributed by atoms with Gasteiger partial charge in [-0.3, -0.25) is 0 Å². The minimum absolute atomic E-state index is 0.0498. The van der Waals surface area contributed by atoms with Gasteiger partial charge >= 0.3 is 5.97 Å². The Balaban J connectivity index is 2.53. The minimum Gasteiger partial charge on any atom is -0.476 e. The molecule has 88 valence electrons. The summed E-state index contributed by atoms with van der Waals surface area (Å²) in [5, 5.41) is 11.7. The van der Waals surface area contributed by atoms with Gasteiger partial charge in [0.05, 0.1) is 12.4 Å². The van der Waals surface area contributed by atoms with Crippen LogP contribution in [0.2, 0.25) is 0 Å². The zero-order valence-corrected chi connectivity index (χ0v) is 9.64. The lowest BCUT2D eigenvalue weighted by Crippen LogP contribution is -2.31. The van der Waals surface area contributed by atoms with Gasteiger partial charge < -0.3 is 15.3 Å². The third kappa shape index (κ3) is 3.47. The molecule has 0 saturated heterocycles. The molecule has 1 rings (SSSR count). The maximum Gasteiger partial charge on any atom is 0.356 e. The Bertz CT molecular complexity index is 350. The summed E-state index contributed by atoms with van der Waals surface area (Å²) in [6.45, 7) is 2.81. The van der Waals surface area contributed by atoms with Crippen LogP contribution in [0.3, 0.4) is 0 Å². The average Bonchev–Trinajstić information content (AvgIpc) is 2.26. The molecule has 6 nitrogen and oxygen atoms in total. The van der Waals surface area contributed by atoms with E-state index in [4.69, 9.17) is 5.11 Å². The Morgan fingerprint density at radius 3 is 2.62 bits per heavy atom. The lowest BCUT2D eigenvalue weighted by molar-refractivity contribution is 0.0690. The molecule has 0 amide bonds. The molecule has 0 spiro atoms. The number of aromatic nitrogens is 2. The first-order valence-electron chi connectivity index (χ1n) is 4.96. The molecule has 0 aromatic carbocycles. The maximum absolute atomic E-state index is 10.5. The van der Waals surface area contributed by atoms with Crippen molar-refractivity contribution in [1.29, 1.82) is 0 Å². The van der Waals surface area contributed by atoms with E-state index in [0.717, 1.165) is 6.54 Å². The Morgan fingerprint density at radius 2 is 2.19 bits per heavy atom. The molecule has 1 heterocycles. The number of likely N-dealkylation sites (N-methyl/N-ethyl adjacent to an activating group) is 1. The second-order valence-electron chi connectivity index (χ2n) is 3.79. The van der Waals surface area contributed by atoms with Crippen LogP contribution in [0, 0.1) is 0 Å². The molecule has 0 aliphatic heterocycles. The van der Waals surface area contributed by atoms with Crippen molar-refractivity contribution >= 4 is 11.8 Å². The van der Waals surface area contributed by atoms with Crippen LogP contribution in [0.4, 0.5) is 5.82 Å². The SMILES string of the molecule is CC(CNc1cnc(C(=O)O)cn1)N(C)C. The topological polar surface area (TPSA) is 78.3 Å². The Labute approximate surface area is 94.3 Å². The van der Waals surface area contributed by atoms with Crippen LogP contribution in [0.15, 0.2) is 12.4 Å². The van der Waals surface area contributed by atoms with E-state index in [9.17, 15) is 4.79 Å². The third-order valence-corrected chi connectivity index (χ3v) is 2.33. The highest BCUT2D eigenvalue weighted by atomic mass is 16.4. The third-order valence-electron chi connectivity index (χ3n) is 2.33. The summed E-state index contributed by atoms with van der Waals surface area (Å²) < 4.78 is 0. The fourth-order valence-corrected chi connectivity index (χ4v) is 0.965. The van der Waals surface area contributed by atoms with Crippen molar-refractivity contribution in [2.45, 2.75) is 13.0 Å². The molecule has 1 aromatic heterocycles. The predicted molar refractivity (Wildman–Crippen MR) is 60.6 cm³/mol. The number of rotatable bonds is 5. The molecule has 1 aromatic rings. The summed E-state index contributed by atoms with van der Waals surface area (Å²) in [5.74, 6) is -0.487. The zero-order valence-electron chi connectivity index (χ0n) is 9.64.